The van der Waals surface area contributed by atoms with Crippen LogP contribution in [0.5, 0.6) is 0 Å². The maximum Gasteiger partial charge on any atom is 0.274 e. The van der Waals surface area contributed by atoms with Gasteiger partial charge >= 0.3 is 0 Å². The van der Waals surface area contributed by atoms with Crippen molar-refractivity contribution in [3.05, 3.63) is 74.4 Å². The summed E-state index contributed by atoms with van der Waals surface area (Å²) in [5, 5.41) is 12.1. The lowest BCUT2D eigenvalue weighted by Gasteiger charge is -2.20. The van der Waals surface area contributed by atoms with Crippen molar-refractivity contribution in [2.75, 3.05) is 6.54 Å². The number of para-hydroxylation sites is 2. The number of amides is 1. The molecule has 0 saturated carbocycles. The van der Waals surface area contributed by atoms with Crippen molar-refractivity contribution >= 4 is 38.4 Å². The van der Waals surface area contributed by atoms with Crippen molar-refractivity contribution in [2.45, 2.75) is 13.5 Å². The number of hydrogen-bond donors (Lipinski definition) is 1. The summed E-state index contributed by atoms with van der Waals surface area (Å²) < 4.78 is 0.703. The number of nitrogens with one attached hydrogen (secondary N) is 1. The lowest BCUT2D eigenvalue weighted by atomic mass is 10.1. The zero-order valence-electron chi connectivity index (χ0n) is 13.5. The minimum Gasteiger partial charge on any atom is -0.350 e. The summed E-state index contributed by atoms with van der Waals surface area (Å²) in [6, 6.07) is 14.1. The maximum atomic E-state index is 12.9. The molecular weight excluding hydrogens is 386 g/mol. The first-order chi connectivity index (χ1) is 12.0. The molecule has 0 aliphatic carbocycles. The van der Waals surface area contributed by atoms with Gasteiger partial charge in [0.2, 0.25) is 0 Å². The van der Waals surface area contributed by atoms with E-state index in [0.29, 0.717) is 22.3 Å². The Morgan fingerprint density at radius 2 is 1.88 bits per heavy atom. The molecule has 0 radical (unpaired) electrons. The first-order valence-electron chi connectivity index (χ1n) is 7.80. The van der Waals surface area contributed by atoms with Crippen LogP contribution in [0.1, 0.15) is 23.0 Å². The molecule has 1 heterocycles. The van der Waals surface area contributed by atoms with Crippen LogP contribution >= 0.6 is 15.9 Å². The smallest absolute Gasteiger partial charge is 0.274 e. The Balaban J connectivity index is 1.94. The Labute approximate surface area is 152 Å². The van der Waals surface area contributed by atoms with Gasteiger partial charge in [-0.2, -0.15) is 0 Å². The summed E-state index contributed by atoms with van der Waals surface area (Å²) in [6.07, 6.45) is 0. The van der Waals surface area contributed by atoms with Gasteiger partial charge in [0.05, 0.1) is 15.9 Å². The average molecular weight is 402 g/mol. The topological polar surface area (TPSA) is 79.2 Å². The van der Waals surface area contributed by atoms with Crippen LogP contribution in [-0.4, -0.2) is 27.3 Å². The summed E-state index contributed by atoms with van der Waals surface area (Å²) in [6.45, 7) is 2.46. The quantitative estimate of drug-likeness (QED) is 0.504. The van der Waals surface area contributed by atoms with Crippen LogP contribution in [0.15, 0.2) is 53.0 Å². The number of nitro benzene ring substituents is 1. The first kappa shape index (κ1) is 17.2. The molecule has 1 N–H and O–H groups in total. The van der Waals surface area contributed by atoms with E-state index in [1.165, 1.54) is 6.07 Å². The summed E-state index contributed by atoms with van der Waals surface area (Å²) in [5.74, 6) is -0.205. The second-order valence-corrected chi connectivity index (χ2v) is 6.36. The van der Waals surface area contributed by atoms with Crippen LogP contribution in [0, 0.1) is 10.1 Å². The van der Waals surface area contributed by atoms with Crippen molar-refractivity contribution in [3.63, 3.8) is 0 Å². The fourth-order valence-corrected chi connectivity index (χ4v) is 3.38. The van der Waals surface area contributed by atoms with Crippen molar-refractivity contribution in [1.29, 1.82) is 0 Å². The van der Waals surface area contributed by atoms with Crippen LogP contribution in [0.2, 0.25) is 0 Å². The van der Waals surface area contributed by atoms with E-state index in [0.717, 1.165) is 10.9 Å². The van der Waals surface area contributed by atoms with Crippen LogP contribution in [0.25, 0.3) is 10.9 Å². The standard InChI is InChI=1S/C18H16BrN3O3/c1-2-21(11-12-7-3-6-10-15(12)22(24)25)18(23)17-16(19)13-8-4-5-9-14(13)20-17/h3-10,20H,2,11H2,1H3. The van der Waals surface area contributed by atoms with Gasteiger partial charge in [0.25, 0.3) is 11.6 Å². The predicted molar refractivity (Wildman–Crippen MR) is 99.5 cm³/mol. The summed E-state index contributed by atoms with van der Waals surface area (Å²) >= 11 is 3.49. The number of hydrogen-bond acceptors (Lipinski definition) is 3. The highest BCUT2D eigenvalue weighted by molar-refractivity contribution is 9.10. The molecule has 0 aliphatic rings. The van der Waals surface area contributed by atoms with Gasteiger partial charge in [-0.3, -0.25) is 14.9 Å². The molecule has 0 unspecified atom stereocenters. The average Bonchev–Trinajstić information content (AvgIpc) is 2.96. The lowest BCUT2D eigenvalue weighted by Crippen LogP contribution is -2.31. The van der Waals surface area contributed by atoms with E-state index in [-0.39, 0.29) is 18.1 Å². The normalized spacial score (nSPS) is 10.8. The zero-order valence-corrected chi connectivity index (χ0v) is 15.1. The third kappa shape index (κ3) is 3.28. The Kier molecular flexibility index (Phi) is 4.85. The third-order valence-electron chi connectivity index (χ3n) is 4.08. The van der Waals surface area contributed by atoms with Crippen LogP contribution in [0.3, 0.4) is 0 Å². The largest absolute Gasteiger partial charge is 0.350 e. The zero-order chi connectivity index (χ0) is 18.0. The fourth-order valence-electron chi connectivity index (χ4n) is 2.77. The molecule has 3 aromatic rings. The minimum atomic E-state index is -0.424. The van der Waals surface area contributed by atoms with Crippen LogP contribution in [0.4, 0.5) is 5.69 Å². The van der Waals surface area contributed by atoms with Crippen LogP contribution in [-0.2, 0) is 6.54 Å². The molecule has 1 amide bonds. The van der Waals surface area contributed by atoms with Gasteiger partial charge in [-0.25, -0.2) is 0 Å². The summed E-state index contributed by atoms with van der Waals surface area (Å²) in [7, 11) is 0. The van der Waals surface area contributed by atoms with Gasteiger partial charge in [-0.1, -0.05) is 36.4 Å². The second kappa shape index (κ2) is 7.06. The number of carbonyl (C=O) groups excluding carboxylic acids is 1. The van der Waals surface area contributed by atoms with E-state index < -0.39 is 4.92 Å². The predicted octanol–water partition coefficient (Wildman–Crippen LogP) is 4.50. The second-order valence-electron chi connectivity index (χ2n) is 5.56. The molecule has 0 aliphatic heterocycles. The molecule has 0 spiro atoms. The van der Waals surface area contributed by atoms with Gasteiger partial charge in [0, 0.05) is 29.1 Å². The van der Waals surface area contributed by atoms with Gasteiger partial charge in [-0.15, -0.1) is 0 Å². The Morgan fingerprint density at radius 1 is 1.20 bits per heavy atom. The molecule has 0 atom stereocenters. The molecular formula is C18H16BrN3O3. The van der Waals surface area contributed by atoms with E-state index in [1.54, 1.807) is 23.1 Å². The number of aromatic amines is 1. The molecule has 128 valence electrons. The van der Waals surface area contributed by atoms with Crippen LogP contribution < -0.4 is 0 Å². The van der Waals surface area contributed by atoms with Crippen molar-refractivity contribution < 1.29 is 9.72 Å². The number of halogens is 1. The van der Waals surface area contributed by atoms with Gasteiger partial charge < -0.3 is 9.88 Å². The third-order valence-corrected chi connectivity index (χ3v) is 4.90. The van der Waals surface area contributed by atoms with Crippen molar-refractivity contribution in [1.82, 2.24) is 9.88 Å². The molecule has 0 fully saturated rings. The molecule has 0 saturated heterocycles. The van der Waals surface area contributed by atoms with Crippen molar-refractivity contribution in [3.8, 4) is 0 Å². The Morgan fingerprint density at radius 3 is 2.56 bits per heavy atom. The Hall–Kier alpha value is -2.67. The van der Waals surface area contributed by atoms with E-state index in [2.05, 4.69) is 20.9 Å². The number of aromatic nitrogens is 1. The summed E-state index contributed by atoms with van der Waals surface area (Å²) in [4.78, 5) is 28.4. The highest BCUT2D eigenvalue weighted by Crippen LogP contribution is 2.29. The van der Waals surface area contributed by atoms with Gasteiger partial charge in [0.1, 0.15) is 5.69 Å². The highest BCUT2D eigenvalue weighted by atomic mass is 79.9. The van der Waals surface area contributed by atoms with Crippen molar-refractivity contribution in [2.24, 2.45) is 0 Å². The molecule has 7 heteroatoms. The maximum absolute atomic E-state index is 12.9. The molecule has 3 rings (SSSR count). The van der Waals surface area contributed by atoms with E-state index in [1.807, 2.05) is 31.2 Å². The number of rotatable bonds is 5. The molecule has 6 nitrogen and oxygen atoms in total. The van der Waals surface area contributed by atoms with Gasteiger partial charge in [-0.05, 0) is 28.9 Å². The van der Waals surface area contributed by atoms with Gasteiger partial charge in [0.15, 0.2) is 0 Å². The molecule has 2 aromatic carbocycles. The highest BCUT2D eigenvalue weighted by Gasteiger charge is 2.23. The fraction of sp³-hybridized carbons (Fsp3) is 0.167. The summed E-state index contributed by atoms with van der Waals surface area (Å²) in [5.41, 5.74) is 1.83. The molecule has 25 heavy (non-hydrogen) atoms. The number of nitrogens with zero attached hydrogens (tertiary/aromatic N) is 2. The first-order valence-corrected chi connectivity index (χ1v) is 8.60. The van der Waals surface area contributed by atoms with E-state index >= 15 is 0 Å². The Bertz CT molecular complexity index is 952. The lowest BCUT2D eigenvalue weighted by molar-refractivity contribution is -0.385. The number of benzene rings is 2. The minimum absolute atomic E-state index is 0.0180. The number of carbonyl (C=O) groups is 1. The molecule has 0 bridgehead atoms. The van der Waals surface area contributed by atoms with E-state index in [4.69, 9.17) is 0 Å². The van der Waals surface area contributed by atoms with E-state index in [9.17, 15) is 14.9 Å². The molecule has 1 aromatic heterocycles. The number of H-pyrrole nitrogens is 1. The number of nitro groups is 1. The monoisotopic (exact) mass is 401 g/mol. The SMILES string of the molecule is CCN(Cc1ccccc1[N+](=O)[O-])C(=O)c1[nH]c2ccccc2c1Br. The number of fused-ring (bicyclic) bond motifs is 1.